The fraction of sp³-hybridized carbons (Fsp3) is 0.533. The summed E-state index contributed by atoms with van der Waals surface area (Å²) in [5, 5.41) is 8.77. The summed E-state index contributed by atoms with van der Waals surface area (Å²) < 4.78 is 0. The highest BCUT2D eigenvalue weighted by atomic mass is 16.4. The van der Waals surface area contributed by atoms with Crippen LogP contribution >= 0.6 is 0 Å². The normalized spacial score (nSPS) is 12.7. The molecule has 0 heterocycles. The first-order valence-electron chi connectivity index (χ1n) is 6.48. The molecule has 0 spiro atoms. The summed E-state index contributed by atoms with van der Waals surface area (Å²) in [7, 11) is 0. The fourth-order valence-electron chi connectivity index (χ4n) is 2.36. The zero-order chi connectivity index (χ0) is 13.7. The van der Waals surface area contributed by atoms with Gasteiger partial charge in [-0.05, 0) is 38.4 Å². The molecule has 18 heavy (non-hydrogen) atoms. The summed E-state index contributed by atoms with van der Waals surface area (Å²) in [4.78, 5) is 12.9. The van der Waals surface area contributed by atoms with Gasteiger partial charge in [-0.2, -0.15) is 0 Å². The lowest BCUT2D eigenvalue weighted by molar-refractivity contribution is -0.137. The van der Waals surface area contributed by atoms with Crippen molar-refractivity contribution in [3.05, 3.63) is 34.9 Å². The summed E-state index contributed by atoms with van der Waals surface area (Å²) in [5.74, 6) is -0.735. The molecule has 1 N–H and O–H groups in total. The van der Waals surface area contributed by atoms with E-state index in [-0.39, 0.29) is 12.5 Å². The van der Waals surface area contributed by atoms with Crippen LogP contribution in [0.15, 0.2) is 18.2 Å². The highest BCUT2D eigenvalue weighted by Crippen LogP contribution is 2.24. The Morgan fingerprint density at radius 2 is 2.06 bits per heavy atom. The molecule has 100 valence electrons. The summed E-state index contributed by atoms with van der Waals surface area (Å²) in [5.41, 5.74) is 3.82. The van der Waals surface area contributed by atoms with Crippen LogP contribution in [0.25, 0.3) is 0 Å². The minimum absolute atomic E-state index is 0.198. The molecule has 0 bridgehead atoms. The molecule has 1 rings (SSSR count). The standard InChI is InChI=1S/C15H23NO2/c1-5-16(9-8-15(17)18)13(4)14-7-6-11(2)10-12(14)3/h6-7,10,13H,5,8-9H2,1-4H3,(H,17,18). The highest BCUT2D eigenvalue weighted by molar-refractivity contribution is 5.66. The summed E-state index contributed by atoms with van der Waals surface area (Å²) in [6, 6.07) is 6.70. The average molecular weight is 249 g/mol. The van der Waals surface area contributed by atoms with Crippen molar-refractivity contribution in [2.45, 2.75) is 40.2 Å². The van der Waals surface area contributed by atoms with Crippen LogP contribution in [0.2, 0.25) is 0 Å². The number of benzene rings is 1. The van der Waals surface area contributed by atoms with Crippen LogP contribution in [0.3, 0.4) is 0 Å². The molecule has 0 aliphatic heterocycles. The van der Waals surface area contributed by atoms with Gasteiger partial charge >= 0.3 is 5.97 Å². The van der Waals surface area contributed by atoms with E-state index in [2.05, 4.69) is 50.8 Å². The first-order valence-corrected chi connectivity index (χ1v) is 6.48. The maximum atomic E-state index is 10.7. The van der Waals surface area contributed by atoms with E-state index in [1.165, 1.54) is 16.7 Å². The Labute approximate surface area is 109 Å². The van der Waals surface area contributed by atoms with Crippen molar-refractivity contribution in [2.75, 3.05) is 13.1 Å². The summed E-state index contributed by atoms with van der Waals surface area (Å²) in [6.45, 7) is 9.88. The third-order valence-corrected chi connectivity index (χ3v) is 3.44. The van der Waals surface area contributed by atoms with E-state index in [9.17, 15) is 4.79 Å². The van der Waals surface area contributed by atoms with E-state index >= 15 is 0 Å². The van der Waals surface area contributed by atoms with Crippen LogP contribution in [-0.2, 0) is 4.79 Å². The maximum absolute atomic E-state index is 10.7. The van der Waals surface area contributed by atoms with Crippen LogP contribution in [0.5, 0.6) is 0 Å². The second-order valence-corrected chi connectivity index (χ2v) is 4.81. The average Bonchev–Trinajstić information content (AvgIpc) is 2.29. The number of carboxylic acids is 1. The molecule has 3 heteroatoms. The van der Waals surface area contributed by atoms with Gasteiger partial charge in [-0.1, -0.05) is 30.7 Å². The minimum atomic E-state index is -0.735. The van der Waals surface area contributed by atoms with E-state index in [1.807, 2.05) is 0 Å². The Bertz CT molecular complexity index is 415. The summed E-state index contributed by atoms with van der Waals surface area (Å²) >= 11 is 0. The van der Waals surface area contributed by atoms with Gasteiger partial charge in [0.05, 0.1) is 6.42 Å². The Morgan fingerprint density at radius 1 is 1.39 bits per heavy atom. The SMILES string of the molecule is CCN(CCC(=O)O)C(C)c1ccc(C)cc1C. The largest absolute Gasteiger partial charge is 0.481 e. The number of aryl methyl sites for hydroxylation is 2. The van der Waals surface area contributed by atoms with Crippen LogP contribution in [0, 0.1) is 13.8 Å². The van der Waals surface area contributed by atoms with Gasteiger partial charge in [0.1, 0.15) is 0 Å². The van der Waals surface area contributed by atoms with Crippen molar-refractivity contribution >= 4 is 5.97 Å². The number of carboxylic acid groups (broad SMARTS) is 1. The van der Waals surface area contributed by atoms with E-state index in [0.717, 1.165) is 6.54 Å². The van der Waals surface area contributed by atoms with E-state index in [4.69, 9.17) is 5.11 Å². The number of rotatable bonds is 6. The van der Waals surface area contributed by atoms with Crippen molar-refractivity contribution in [3.63, 3.8) is 0 Å². The topological polar surface area (TPSA) is 40.5 Å². The third kappa shape index (κ3) is 3.84. The van der Waals surface area contributed by atoms with Gasteiger partial charge < -0.3 is 5.11 Å². The lowest BCUT2D eigenvalue weighted by Crippen LogP contribution is -2.29. The minimum Gasteiger partial charge on any atom is -0.481 e. The number of aliphatic carboxylic acids is 1. The van der Waals surface area contributed by atoms with Crippen molar-refractivity contribution in [1.29, 1.82) is 0 Å². The molecule has 1 aromatic rings. The predicted octanol–water partition coefficient (Wildman–Crippen LogP) is 3.16. The van der Waals surface area contributed by atoms with E-state index in [1.54, 1.807) is 0 Å². The van der Waals surface area contributed by atoms with Gasteiger partial charge in [-0.3, -0.25) is 9.69 Å². The zero-order valence-corrected chi connectivity index (χ0v) is 11.7. The first-order chi connectivity index (χ1) is 8.45. The summed E-state index contributed by atoms with van der Waals surface area (Å²) in [6.07, 6.45) is 0.198. The predicted molar refractivity (Wildman–Crippen MR) is 73.8 cm³/mol. The molecule has 0 radical (unpaired) electrons. The molecule has 0 aromatic heterocycles. The number of nitrogens with zero attached hydrogens (tertiary/aromatic N) is 1. The van der Waals surface area contributed by atoms with Gasteiger partial charge in [0.15, 0.2) is 0 Å². The Morgan fingerprint density at radius 3 is 2.56 bits per heavy atom. The van der Waals surface area contributed by atoms with Gasteiger partial charge in [0, 0.05) is 12.6 Å². The Hall–Kier alpha value is -1.35. The molecular formula is C15H23NO2. The van der Waals surface area contributed by atoms with Crippen LogP contribution < -0.4 is 0 Å². The molecule has 0 saturated carbocycles. The number of hydrogen-bond donors (Lipinski definition) is 1. The fourth-order valence-corrected chi connectivity index (χ4v) is 2.36. The molecule has 0 fully saturated rings. The van der Waals surface area contributed by atoms with Crippen LogP contribution in [0.1, 0.15) is 43.0 Å². The van der Waals surface area contributed by atoms with Crippen molar-refractivity contribution in [1.82, 2.24) is 4.90 Å². The van der Waals surface area contributed by atoms with E-state index < -0.39 is 5.97 Å². The molecule has 3 nitrogen and oxygen atoms in total. The lowest BCUT2D eigenvalue weighted by atomic mass is 9.99. The van der Waals surface area contributed by atoms with Crippen molar-refractivity contribution < 1.29 is 9.90 Å². The second-order valence-electron chi connectivity index (χ2n) is 4.81. The van der Waals surface area contributed by atoms with Gasteiger partial charge in [0.2, 0.25) is 0 Å². The van der Waals surface area contributed by atoms with Gasteiger partial charge in [-0.25, -0.2) is 0 Å². The maximum Gasteiger partial charge on any atom is 0.304 e. The van der Waals surface area contributed by atoms with Crippen LogP contribution in [-0.4, -0.2) is 29.1 Å². The molecule has 0 aliphatic rings. The molecule has 1 aromatic carbocycles. The third-order valence-electron chi connectivity index (χ3n) is 3.44. The quantitative estimate of drug-likeness (QED) is 0.842. The molecule has 1 unspecified atom stereocenters. The first kappa shape index (κ1) is 14.7. The van der Waals surface area contributed by atoms with Crippen LogP contribution in [0.4, 0.5) is 0 Å². The Kier molecular flexibility index (Phi) is 5.35. The van der Waals surface area contributed by atoms with Crippen molar-refractivity contribution in [2.24, 2.45) is 0 Å². The lowest BCUT2D eigenvalue weighted by Gasteiger charge is -2.28. The van der Waals surface area contributed by atoms with E-state index in [0.29, 0.717) is 6.54 Å². The number of hydrogen-bond acceptors (Lipinski definition) is 2. The van der Waals surface area contributed by atoms with Crippen molar-refractivity contribution in [3.8, 4) is 0 Å². The smallest absolute Gasteiger partial charge is 0.304 e. The van der Waals surface area contributed by atoms with Gasteiger partial charge in [-0.15, -0.1) is 0 Å². The molecule has 0 saturated heterocycles. The highest BCUT2D eigenvalue weighted by Gasteiger charge is 2.16. The molecule has 0 amide bonds. The Balaban J connectivity index is 2.82. The van der Waals surface area contributed by atoms with Gasteiger partial charge in [0.25, 0.3) is 0 Å². The monoisotopic (exact) mass is 249 g/mol. The zero-order valence-electron chi connectivity index (χ0n) is 11.7. The molecule has 1 atom stereocenters. The number of carbonyl (C=O) groups is 1. The molecular weight excluding hydrogens is 226 g/mol. The second kappa shape index (κ2) is 6.55. The molecule has 0 aliphatic carbocycles.